The van der Waals surface area contributed by atoms with Crippen LogP contribution in [0, 0.1) is 5.92 Å². The molecule has 256 valence electrons. The number of H-pyrrole nitrogens is 1. The molecule has 10 heteroatoms. The van der Waals surface area contributed by atoms with Gasteiger partial charge in [0, 0.05) is 43.2 Å². The van der Waals surface area contributed by atoms with Crippen LogP contribution < -0.4 is 10.9 Å². The Kier molecular flexibility index (Phi) is 9.53. The van der Waals surface area contributed by atoms with Crippen LogP contribution >= 0.6 is 0 Å². The number of piperidine rings is 4. The van der Waals surface area contributed by atoms with Gasteiger partial charge >= 0.3 is 5.97 Å². The van der Waals surface area contributed by atoms with Crippen molar-refractivity contribution < 1.29 is 24.5 Å². The van der Waals surface area contributed by atoms with Crippen molar-refractivity contribution in [2.24, 2.45) is 5.92 Å². The molecule has 10 nitrogen and oxygen atoms in total. The van der Waals surface area contributed by atoms with E-state index in [9.17, 15) is 24.6 Å². The zero-order chi connectivity index (χ0) is 34.0. The Morgan fingerprint density at radius 2 is 1.67 bits per heavy atom. The highest BCUT2D eigenvalue weighted by atomic mass is 16.5. The number of rotatable bonds is 10. The molecule has 49 heavy (non-hydrogen) atoms. The Balaban J connectivity index is 0.928. The smallest absolute Gasteiger partial charge is 0.317 e. The molecule has 5 heterocycles. The predicted octanol–water partition coefficient (Wildman–Crippen LogP) is 3.91. The molecule has 0 saturated carbocycles. The van der Waals surface area contributed by atoms with Crippen molar-refractivity contribution in [3.05, 3.63) is 111 Å². The molecular formula is C39H44N4O6. The Morgan fingerprint density at radius 3 is 2.37 bits per heavy atom. The van der Waals surface area contributed by atoms with Crippen LogP contribution in [0.5, 0.6) is 5.75 Å². The third kappa shape index (κ3) is 6.86. The number of nitrogens with one attached hydrogen (secondary N) is 2. The van der Waals surface area contributed by atoms with Gasteiger partial charge in [0.25, 0.3) is 5.91 Å². The molecule has 4 aliphatic heterocycles. The molecule has 1 amide bonds. The maximum atomic E-state index is 14.0. The number of pyridine rings is 1. The van der Waals surface area contributed by atoms with Gasteiger partial charge in [0.2, 0.25) is 5.56 Å². The number of fused-ring (bicyclic) bond motifs is 4. The SMILES string of the molecule is O=C(c1ccc(CCNCC(O)c2ccc(O)c3[nH]c(=O)ccc23)cc1)N1CCC(C(=O)OC2CN3CCC2CC3)(c2ccccc2)CC1. The third-order valence-corrected chi connectivity index (χ3v) is 10.9. The van der Waals surface area contributed by atoms with Crippen LogP contribution in [0.3, 0.4) is 0 Å². The number of aromatic hydroxyl groups is 1. The number of carbonyl (C=O) groups is 2. The first kappa shape index (κ1) is 33.0. The van der Waals surface area contributed by atoms with Crippen LogP contribution in [0.25, 0.3) is 10.9 Å². The minimum Gasteiger partial charge on any atom is -0.506 e. The van der Waals surface area contributed by atoms with Crippen LogP contribution in [0.2, 0.25) is 0 Å². The number of phenols is 1. The van der Waals surface area contributed by atoms with Crippen LogP contribution in [-0.4, -0.2) is 88.8 Å². The summed E-state index contributed by atoms with van der Waals surface area (Å²) in [6.45, 7) is 4.86. The second-order valence-corrected chi connectivity index (χ2v) is 13.8. The van der Waals surface area contributed by atoms with Gasteiger partial charge < -0.3 is 30.2 Å². The van der Waals surface area contributed by atoms with Gasteiger partial charge in [0.05, 0.1) is 17.0 Å². The molecule has 0 radical (unpaired) electrons. The highest BCUT2D eigenvalue weighted by Gasteiger charge is 2.47. The Bertz CT molecular complexity index is 1840. The van der Waals surface area contributed by atoms with Gasteiger partial charge in [-0.25, -0.2) is 0 Å². The normalized spacial score (nSPS) is 22.1. The van der Waals surface area contributed by atoms with E-state index < -0.39 is 11.5 Å². The first-order valence-electron chi connectivity index (χ1n) is 17.4. The molecule has 0 aliphatic carbocycles. The molecule has 3 aromatic carbocycles. The number of amides is 1. The van der Waals surface area contributed by atoms with Gasteiger partial charge in [-0.15, -0.1) is 0 Å². The molecule has 2 bridgehead atoms. The molecular weight excluding hydrogens is 620 g/mol. The summed E-state index contributed by atoms with van der Waals surface area (Å²) in [7, 11) is 0. The molecule has 8 rings (SSSR count). The zero-order valence-electron chi connectivity index (χ0n) is 27.6. The van der Waals surface area contributed by atoms with E-state index >= 15 is 0 Å². The van der Waals surface area contributed by atoms with E-state index in [0.29, 0.717) is 73.4 Å². The third-order valence-electron chi connectivity index (χ3n) is 10.9. The molecule has 4 fully saturated rings. The molecule has 2 atom stereocenters. The highest BCUT2D eigenvalue weighted by molar-refractivity contribution is 5.94. The number of hydrogen-bond acceptors (Lipinski definition) is 8. The van der Waals surface area contributed by atoms with Crippen LogP contribution in [-0.2, 0) is 21.4 Å². The van der Waals surface area contributed by atoms with E-state index in [0.717, 1.165) is 43.6 Å². The quantitative estimate of drug-likeness (QED) is 0.148. The number of benzene rings is 3. The second kappa shape index (κ2) is 14.2. The number of esters is 1. The largest absolute Gasteiger partial charge is 0.506 e. The lowest BCUT2D eigenvalue weighted by Crippen LogP contribution is -2.55. The number of carbonyl (C=O) groups excluding carboxylic acids is 2. The minimum atomic E-state index is -0.832. The Hall–Kier alpha value is -4.51. The number of nitrogens with zero attached hydrogens (tertiary/aromatic N) is 2. The van der Waals surface area contributed by atoms with Gasteiger partial charge in [-0.3, -0.25) is 19.3 Å². The highest BCUT2D eigenvalue weighted by Crippen LogP contribution is 2.39. The summed E-state index contributed by atoms with van der Waals surface area (Å²) in [5.41, 5.74) is 2.48. The molecule has 2 unspecified atom stereocenters. The van der Waals surface area contributed by atoms with E-state index in [2.05, 4.69) is 15.2 Å². The van der Waals surface area contributed by atoms with Gasteiger partial charge in [-0.1, -0.05) is 48.5 Å². The van der Waals surface area contributed by atoms with Crippen molar-refractivity contribution in [2.45, 2.75) is 49.7 Å². The number of aliphatic hydroxyl groups is 1. The molecule has 4 aromatic rings. The number of phenolic OH excluding ortho intramolecular Hbond substituents is 1. The molecule has 0 spiro atoms. The fourth-order valence-corrected chi connectivity index (χ4v) is 7.88. The lowest BCUT2D eigenvalue weighted by atomic mass is 9.72. The summed E-state index contributed by atoms with van der Waals surface area (Å²) in [6, 6.07) is 23.7. The Labute approximate surface area is 285 Å². The van der Waals surface area contributed by atoms with Crippen LogP contribution in [0.1, 0.15) is 58.8 Å². The number of aliphatic hydroxyl groups excluding tert-OH is 1. The van der Waals surface area contributed by atoms with E-state index in [1.807, 2.05) is 59.5 Å². The van der Waals surface area contributed by atoms with Crippen molar-refractivity contribution >= 4 is 22.8 Å². The fourth-order valence-electron chi connectivity index (χ4n) is 7.88. The summed E-state index contributed by atoms with van der Waals surface area (Å²) in [6.07, 6.45) is 3.03. The number of aromatic nitrogens is 1. The summed E-state index contributed by atoms with van der Waals surface area (Å²) in [4.78, 5) is 46.1. The number of ether oxygens (including phenoxy) is 1. The summed E-state index contributed by atoms with van der Waals surface area (Å²) in [5.74, 6) is 0.207. The monoisotopic (exact) mass is 664 g/mol. The lowest BCUT2D eigenvalue weighted by molar-refractivity contribution is -0.167. The van der Waals surface area contributed by atoms with Gasteiger partial charge in [0.15, 0.2) is 0 Å². The number of hydrogen-bond donors (Lipinski definition) is 4. The summed E-state index contributed by atoms with van der Waals surface area (Å²) >= 11 is 0. The minimum absolute atomic E-state index is 0.0392. The summed E-state index contributed by atoms with van der Waals surface area (Å²) in [5, 5.41) is 24.8. The average Bonchev–Trinajstić information content (AvgIpc) is 3.14. The van der Waals surface area contributed by atoms with E-state index in [-0.39, 0.29) is 29.3 Å². The van der Waals surface area contributed by atoms with Gasteiger partial charge in [-0.2, -0.15) is 0 Å². The topological polar surface area (TPSA) is 135 Å². The van der Waals surface area contributed by atoms with Crippen molar-refractivity contribution in [3.63, 3.8) is 0 Å². The van der Waals surface area contributed by atoms with E-state index in [1.165, 1.54) is 12.1 Å². The molecule has 4 saturated heterocycles. The van der Waals surface area contributed by atoms with Crippen molar-refractivity contribution in [2.75, 3.05) is 45.8 Å². The van der Waals surface area contributed by atoms with Crippen molar-refractivity contribution in [1.29, 1.82) is 0 Å². The van der Waals surface area contributed by atoms with Crippen molar-refractivity contribution in [3.8, 4) is 5.75 Å². The lowest BCUT2D eigenvalue weighted by Gasteiger charge is -2.46. The zero-order valence-corrected chi connectivity index (χ0v) is 27.6. The maximum Gasteiger partial charge on any atom is 0.317 e. The first-order chi connectivity index (χ1) is 23.8. The molecule has 1 aromatic heterocycles. The molecule has 4 aliphatic rings. The molecule has 4 N–H and O–H groups in total. The predicted molar refractivity (Wildman–Crippen MR) is 187 cm³/mol. The average molecular weight is 665 g/mol. The first-order valence-corrected chi connectivity index (χ1v) is 17.4. The van der Waals surface area contributed by atoms with Crippen molar-refractivity contribution in [1.82, 2.24) is 20.1 Å². The summed E-state index contributed by atoms with van der Waals surface area (Å²) < 4.78 is 6.29. The standard InChI is InChI=1S/C39H44N4O6/c44-32-12-10-30(31-11-13-35(46)41-36(31)32)33(45)24-40-19-14-26-6-8-28(9-7-26)37(47)43-22-17-39(18-23-43,29-4-2-1-3-5-29)38(48)49-34-25-42-20-15-27(34)16-21-42/h1-13,27,33-34,40,44-45H,14-25H2,(H,41,46). The van der Waals surface area contributed by atoms with Crippen LogP contribution in [0.4, 0.5) is 0 Å². The van der Waals surface area contributed by atoms with Crippen LogP contribution in [0.15, 0.2) is 83.7 Å². The van der Waals surface area contributed by atoms with E-state index in [4.69, 9.17) is 4.74 Å². The Morgan fingerprint density at radius 1 is 0.939 bits per heavy atom. The number of likely N-dealkylation sites (tertiary alicyclic amines) is 1. The van der Waals surface area contributed by atoms with E-state index in [1.54, 1.807) is 12.1 Å². The number of aromatic amines is 1. The second-order valence-electron chi connectivity index (χ2n) is 13.8. The van der Waals surface area contributed by atoms with Gasteiger partial charge in [-0.05, 0) is 98.6 Å². The fraction of sp³-hybridized carbons (Fsp3) is 0.410. The maximum absolute atomic E-state index is 14.0. The van der Waals surface area contributed by atoms with Gasteiger partial charge in [0.1, 0.15) is 11.9 Å².